The van der Waals surface area contributed by atoms with Crippen molar-refractivity contribution in [3.8, 4) is 0 Å². The summed E-state index contributed by atoms with van der Waals surface area (Å²) < 4.78 is 11.2. The molecule has 2 fully saturated rings. The smallest absolute Gasteiger partial charge is 0.259 e. The van der Waals surface area contributed by atoms with Crippen molar-refractivity contribution in [3.05, 3.63) is 28.7 Å². The first-order chi connectivity index (χ1) is 11.0. The SMILES string of the molecule is Cc1nc([C@@H]2C[C@H]3CN(C(=O)c4c(C)noc4C)C[C@H]3O2)n[nH]1. The number of fused-ring (bicyclic) bond motifs is 1. The lowest BCUT2D eigenvalue weighted by Crippen LogP contribution is -2.31. The van der Waals surface area contributed by atoms with Crippen molar-refractivity contribution in [1.82, 2.24) is 25.2 Å². The molecule has 0 aliphatic carbocycles. The average Bonchev–Trinajstić information content (AvgIpc) is 3.22. The molecule has 0 bridgehead atoms. The van der Waals surface area contributed by atoms with Gasteiger partial charge in [-0.05, 0) is 27.2 Å². The van der Waals surface area contributed by atoms with E-state index >= 15 is 0 Å². The molecule has 4 rings (SSSR count). The fourth-order valence-corrected chi connectivity index (χ4v) is 3.55. The molecule has 0 unspecified atom stereocenters. The van der Waals surface area contributed by atoms with E-state index in [-0.39, 0.29) is 18.1 Å². The van der Waals surface area contributed by atoms with E-state index in [0.29, 0.717) is 41.8 Å². The van der Waals surface area contributed by atoms with E-state index < -0.39 is 0 Å². The lowest BCUT2D eigenvalue weighted by Gasteiger charge is -2.18. The minimum atomic E-state index is -0.0775. The van der Waals surface area contributed by atoms with E-state index in [1.54, 1.807) is 13.8 Å². The van der Waals surface area contributed by atoms with Gasteiger partial charge in [0.1, 0.15) is 23.3 Å². The van der Waals surface area contributed by atoms with Crippen LogP contribution in [0.2, 0.25) is 0 Å². The quantitative estimate of drug-likeness (QED) is 0.897. The Morgan fingerprint density at radius 2 is 2.13 bits per heavy atom. The van der Waals surface area contributed by atoms with Gasteiger partial charge in [-0.3, -0.25) is 9.89 Å². The Kier molecular flexibility index (Phi) is 3.22. The fourth-order valence-electron chi connectivity index (χ4n) is 3.55. The Hall–Kier alpha value is -2.22. The van der Waals surface area contributed by atoms with E-state index in [9.17, 15) is 4.79 Å². The molecule has 2 aliphatic heterocycles. The Labute approximate surface area is 133 Å². The third-order valence-electron chi connectivity index (χ3n) is 4.67. The summed E-state index contributed by atoms with van der Waals surface area (Å²) in [4.78, 5) is 18.9. The number of likely N-dealkylation sites (tertiary alicyclic amines) is 1. The minimum absolute atomic E-state index is 0.0236. The predicted octanol–water partition coefficient (Wildman–Crippen LogP) is 1.32. The first-order valence-electron chi connectivity index (χ1n) is 7.79. The van der Waals surface area contributed by atoms with Crippen LogP contribution in [0.25, 0.3) is 0 Å². The molecule has 4 heterocycles. The van der Waals surface area contributed by atoms with Gasteiger partial charge in [0.25, 0.3) is 5.91 Å². The van der Waals surface area contributed by atoms with Crippen LogP contribution < -0.4 is 0 Å². The number of hydrogen-bond donors (Lipinski definition) is 1. The lowest BCUT2D eigenvalue weighted by molar-refractivity contribution is 0.0316. The van der Waals surface area contributed by atoms with Crippen LogP contribution in [0.4, 0.5) is 0 Å². The molecule has 0 aromatic carbocycles. The number of carbonyl (C=O) groups excluding carboxylic acids is 1. The van der Waals surface area contributed by atoms with Crippen LogP contribution in [0.3, 0.4) is 0 Å². The van der Waals surface area contributed by atoms with Crippen LogP contribution in [0.15, 0.2) is 4.52 Å². The third kappa shape index (κ3) is 2.33. The second kappa shape index (κ2) is 5.16. The first-order valence-corrected chi connectivity index (χ1v) is 7.79. The van der Waals surface area contributed by atoms with Gasteiger partial charge < -0.3 is 14.2 Å². The highest BCUT2D eigenvalue weighted by Gasteiger charge is 2.45. The van der Waals surface area contributed by atoms with Gasteiger partial charge in [-0.15, -0.1) is 0 Å². The largest absolute Gasteiger partial charge is 0.365 e. The van der Waals surface area contributed by atoms with Crippen molar-refractivity contribution in [2.75, 3.05) is 13.1 Å². The maximum absolute atomic E-state index is 12.7. The molecule has 2 aromatic rings. The first kappa shape index (κ1) is 14.4. The van der Waals surface area contributed by atoms with E-state index in [1.807, 2.05) is 11.8 Å². The molecule has 8 nitrogen and oxygen atoms in total. The highest BCUT2D eigenvalue weighted by atomic mass is 16.5. The number of carbonyl (C=O) groups is 1. The molecule has 0 spiro atoms. The van der Waals surface area contributed by atoms with Gasteiger partial charge in [-0.1, -0.05) is 5.16 Å². The number of amides is 1. The summed E-state index contributed by atoms with van der Waals surface area (Å²) in [6, 6.07) is 0. The highest BCUT2D eigenvalue weighted by Crippen LogP contribution is 2.40. The molecule has 122 valence electrons. The van der Waals surface area contributed by atoms with E-state index in [2.05, 4.69) is 20.3 Å². The number of rotatable bonds is 2. The van der Waals surface area contributed by atoms with Crippen molar-refractivity contribution in [1.29, 1.82) is 0 Å². The number of aromatic nitrogens is 4. The Balaban J connectivity index is 1.45. The summed E-state index contributed by atoms with van der Waals surface area (Å²) >= 11 is 0. The van der Waals surface area contributed by atoms with Gasteiger partial charge in [0, 0.05) is 19.0 Å². The summed E-state index contributed by atoms with van der Waals surface area (Å²) in [5.74, 6) is 2.36. The number of ether oxygens (including phenoxy) is 1. The van der Waals surface area contributed by atoms with Crippen LogP contribution in [-0.4, -0.2) is 50.3 Å². The van der Waals surface area contributed by atoms with Crippen molar-refractivity contribution in [3.63, 3.8) is 0 Å². The molecule has 2 aromatic heterocycles. The Morgan fingerprint density at radius 3 is 2.74 bits per heavy atom. The molecule has 2 aliphatic rings. The maximum atomic E-state index is 12.7. The predicted molar refractivity (Wildman–Crippen MR) is 78.7 cm³/mol. The second-order valence-corrected chi connectivity index (χ2v) is 6.35. The molecule has 1 N–H and O–H groups in total. The Bertz CT molecular complexity index is 719. The molecule has 2 saturated heterocycles. The number of aromatic amines is 1. The topological polar surface area (TPSA) is 97.1 Å². The zero-order chi connectivity index (χ0) is 16.1. The highest BCUT2D eigenvalue weighted by molar-refractivity contribution is 5.96. The number of hydrogen-bond acceptors (Lipinski definition) is 6. The third-order valence-corrected chi connectivity index (χ3v) is 4.67. The van der Waals surface area contributed by atoms with E-state index in [0.717, 1.165) is 12.2 Å². The van der Waals surface area contributed by atoms with Gasteiger partial charge >= 0.3 is 0 Å². The maximum Gasteiger partial charge on any atom is 0.259 e. The molecule has 3 atom stereocenters. The zero-order valence-electron chi connectivity index (χ0n) is 13.4. The van der Waals surface area contributed by atoms with E-state index in [4.69, 9.17) is 9.26 Å². The standard InChI is InChI=1S/C15H19N5O3/c1-7-13(8(2)23-19-7)15(21)20-5-10-4-11(22-12(10)6-20)14-16-9(3)17-18-14/h10-12H,4-6H2,1-3H3,(H,16,17,18)/t10-,11-,12+/m0/s1. The van der Waals surface area contributed by atoms with Crippen LogP contribution >= 0.6 is 0 Å². The summed E-state index contributed by atoms with van der Waals surface area (Å²) in [7, 11) is 0. The van der Waals surface area contributed by atoms with Gasteiger partial charge in [-0.25, -0.2) is 4.98 Å². The van der Waals surface area contributed by atoms with Gasteiger partial charge in [0.2, 0.25) is 0 Å². The van der Waals surface area contributed by atoms with Gasteiger partial charge in [0.05, 0.1) is 11.8 Å². The number of H-pyrrole nitrogens is 1. The number of nitrogens with zero attached hydrogens (tertiary/aromatic N) is 4. The van der Waals surface area contributed by atoms with E-state index in [1.165, 1.54) is 0 Å². The number of aryl methyl sites for hydroxylation is 3. The van der Waals surface area contributed by atoms with Gasteiger partial charge in [0.15, 0.2) is 5.82 Å². The summed E-state index contributed by atoms with van der Waals surface area (Å²) in [5, 5.41) is 10.9. The molecule has 23 heavy (non-hydrogen) atoms. The molecule has 8 heteroatoms. The summed E-state index contributed by atoms with van der Waals surface area (Å²) in [6.45, 7) is 6.71. The van der Waals surface area contributed by atoms with Crippen LogP contribution in [0.1, 0.15) is 46.0 Å². The normalized spacial score (nSPS) is 26.7. The second-order valence-electron chi connectivity index (χ2n) is 6.35. The monoisotopic (exact) mass is 317 g/mol. The molecular formula is C15H19N5O3. The molecule has 1 amide bonds. The van der Waals surface area contributed by atoms with Crippen LogP contribution in [0, 0.1) is 26.7 Å². The average molecular weight is 317 g/mol. The van der Waals surface area contributed by atoms with Crippen molar-refractivity contribution < 1.29 is 14.1 Å². The zero-order valence-corrected chi connectivity index (χ0v) is 13.4. The Morgan fingerprint density at radius 1 is 1.30 bits per heavy atom. The van der Waals surface area contributed by atoms with Crippen molar-refractivity contribution >= 4 is 5.91 Å². The van der Waals surface area contributed by atoms with Crippen LogP contribution in [0.5, 0.6) is 0 Å². The molecule has 0 radical (unpaired) electrons. The van der Waals surface area contributed by atoms with Crippen LogP contribution in [-0.2, 0) is 4.74 Å². The number of nitrogens with one attached hydrogen (secondary N) is 1. The summed E-state index contributed by atoms with van der Waals surface area (Å²) in [5.41, 5.74) is 1.21. The summed E-state index contributed by atoms with van der Waals surface area (Å²) in [6.07, 6.45) is 0.808. The molecular weight excluding hydrogens is 298 g/mol. The lowest BCUT2D eigenvalue weighted by atomic mass is 10.0. The molecule has 0 saturated carbocycles. The van der Waals surface area contributed by atoms with Crippen molar-refractivity contribution in [2.45, 2.75) is 39.4 Å². The fraction of sp³-hybridized carbons (Fsp3) is 0.600. The minimum Gasteiger partial charge on any atom is -0.365 e. The van der Waals surface area contributed by atoms with Gasteiger partial charge in [-0.2, -0.15) is 5.10 Å². The van der Waals surface area contributed by atoms with Crippen molar-refractivity contribution in [2.24, 2.45) is 5.92 Å².